The average molecular weight is 213 g/mol. The van der Waals surface area contributed by atoms with Gasteiger partial charge in [0.05, 0.1) is 12.5 Å². The third-order valence-electron chi connectivity index (χ3n) is 1.48. The molecule has 0 amide bonds. The third-order valence-corrected chi connectivity index (χ3v) is 1.48. The number of carbonyl (C=O) groups excluding carboxylic acids is 1. The fourth-order valence-corrected chi connectivity index (χ4v) is 0.859. The predicted octanol–water partition coefficient (Wildman–Crippen LogP) is 1.48. The van der Waals surface area contributed by atoms with Crippen molar-refractivity contribution in [3.63, 3.8) is 0 Å². The molecule has 0 saturated heterocycles. The van der Waals surface area contributed by atoms with Gasteiger partial charge in [-0.1, -0.05) is 0 Å². The highest BCUT2D eigenvalue weighted by molar-refractivity contribution is 5.70. The van der Waals surface area contributed by atoms with Gasteiger partial charge < -0.3 is 10.1 Å². The highest BCUT2D eigenvalue weighted by atomic mass is 19.4. The standard InChI is InChI=1S/C8H14F3NO2/c1-5(2)14-7(13)4-6(12-3)8(9,10)11/h5-6,12H,4H2,1-3H3. The van der Waals surface area contributed by atoms with Crippen LogP contribution in [0.3, 0.4) is 0 Å². The molecule has 0 aromatic rings. The molecule has 0 fully saturated rings. The normalized spacial score (nSPS) is 14.2. The molecular weight excluding hydrogens is 199 g/mol. The van der Waals surface area contributed by atoms with E-state index in [-0.39, 0.29) is 0 Å². The highest BCUT2D eigenvalue weighted by Crippen LogP contribution is 2.22. The summed E-state index contributed by atoms with van der Waals surface area (Å²) in [6.45, 7) is 3.17. The summed E-state index contributed by atoms with van der Waals surface area (Å²) in [7, 11) is 1.15. The topological polar surface area (TPSA) is 38.3 Å². The van der Waals surface area contributed by atoms with Gasteiger partial charge in [0, 0.05) is 0 Å². The first-order valence-corrected chi connectivity index (χ1v) is 4.20. The SMILES string of the molecule is CNC(CC(=O)OC(C)C)C(F)(F)F. The lowest BCUT2D eigenvalue weighted by molar-refractivity contribution is -0.170. The quantitative estimate of drug-likeness (QED) is 0.719. The molecule has 0 aliphatic heterocycles. The Morgan fingerprint density at radius 2 is 1.93 bits per heavy atom. The van der Waals surface area contributed by atoms with E-state index < -0.39 is 30.7 Å². The van der Waals surface area contributed by atoms with Gasteiger partial charge in [-0.25, -0.2) is 0 Å². The minimum absolute atomic E-state index is 0.395. The van der Waals surface area contributed by atoms with Crippen molar-refractivity contribution in [1.82, 2.24) is 5.32 Å². The van der Waals surface area contributed by atoms with Crippen LogP contribution in [-0.2, 0) is 9.53 Å². The van der Waals surface area contributed by atoms with Gasteiger partial charge in [0.15, 0.2) is 0 Å². The van der Waals surface area contributed by atoms with Crippen LogP contribution in [0.4, 0.5) is 13.2 Å². The van der Waals surface area contributed by atoms with Crippen molar-refractivity contribution in [2.75, 3.05) is 7.05 Å². The number of alkyl halides is 3. The maximum Gasteiger partial charge on any atom is 0.404 e. The third kappa shape index (κ3) is 5.06. The first-order valence-electron chi connectivity index (χ1n) is 4.20. The number of hydrogen-bond donors (Lipinski definition) is 1. The van der Waals surface area contributed by atoms with Crippen LogP contribution >= 0.6 is 0 Å². The van der Waals surface area contributed by atoms with Crippen LogP contribution in [0.15, 0.2) is 0 Å². The summed E-state index contributed by atoms with van der Waals surface area (Å²) in [5.41, 5.74) is 0. The van der Waals surface area contributed by atoms with E-state index in [0.29, 0.717) is 0 Å². The number of hydrogen-bond acceptors (Lipinski definition) is 3. The molecule has 84 valence electrons. The van der Waals surface area contributed by atoms with E-state index in [2.05, 4.69) is 4.74 Å². The van der Waals surface area contributed by atoms with Crippen LogP contribution < -0.4 is 5.32 Å². The van der Waals surface area contributed by atoms with E-state index in [9.17, 15) is 18.0 Å². The molecule has 0 rings (SSSR count). The van der Waals surface area contributed by atoms with Crippen molar-refractivity contribution in [3.8, 4) is 0 Å². The van der Waals surface area contributed by atoms with E-state index in [4.69, 9.17) is 0 Å². The van der Waals surface area contributed by atoms with E-state index in [1.54, 1.807) is 13.8 Å². The zero-order chi connectivity index (χ0) is 11.4. The van der Waals surface area contributed by atoms with Crippen LogP contribution in [0.2, 0.25) is 0 Å². The van der Waals surface area contributed by atoms with Crippen LogP contribution in [0.25, 0.3) is 0 Å². The zero-order valence-electron chi connectivity index (χ0n) is 8.31. The van der Waals surface area contributed by atoms with Crippen molar-refractivity contribution in [2.24, 2.45) is 0 Å². The van der Waals surface area contributed by atoms with Crippen molar-refractivity contribution in [3.05, 3.63) is 0 Å². The van der Waals surface area contributed by atoms with E-state index >= 15 is 0 Å². The molecule has 0 radical (unpaired) electrons. The molecule has 0 aromatic heterocycles. The van der Waals surface area contributed by atoms with Gasteiger partial charge in [0.25, 0.3) is 0 Å². The number of carbonyl (C=O) groups is 1. The number of rotatable bonds is 4. The Morgan fingerprint density at radius 3 is 2.21 bits per heavy atom. The molecule has 3 nitrogen and oxygen atoms in total. The fraction of sp³-hybridized carbons (Fsp3) is 0.875. The smallest absolute Gasteiger partial charge is 0.404 e. The molecule has 0 aromatic carbocycles. The Hall–Kier alpha value is -0.780. The maximum absolute atomic E-state index is 12.1. The summed E-state index contributed by atoms with van der Waals surface area (Å²) >= 11 is 0. The van der Waals surface area contributed by atoms with Crippen molar-refractivity contribution >= 4 is 5.97 Å². The molecular formula is C8H14F3NO2. The molecule has 0 aliphatic carbocycles. The second-order valence-electron chi connectivity index (χ2n) is 3.13. The lowest BCUT2D eigenvalue weighted by atomic mass is 10.2. The van der Waals surface area contributed by atoms with Gasteiger partial charge >= 0.3 is 12.1 Å². The molecule has 0 spiro atoms. The summed E-state index contributed by atoms with van der Waals surface area (Å²) < 4.78 is 41.0. The summed E-state index contributed by atoms with van der Waals surface area (Å²) in [5.74, 6) is -0.850. The molecule has 0 bridgehead atoms. The Bertz CT molecular complexity index is 192. The van der Waals surface area contributed by atoms with Crippen molar-refractivity contribution < 1.29 is 22.7 Å². The number of halogens is 3. The van der Waals surface area contributed by atoms with Crippen LogP contribution in [-0.4, -0.2) is 31.3 Å². The van der Waals surface area contributed by atoms with Crippen LogP contribution in [0.5, 0.6) is 0 Å². The van der Waals surface area contributed by atoms with Crippen LogP contribution in [0.1, 0.15) is 20.3 Å². The maximum atomic E-state index is 12.1. The van der Waals surface area contributed by atoms with Crippen molar-refractivity contribution in [1.29, 1.82) is 0 Å². The molecule has 6 heteroatoms. The minimum atomic E-state index is -4.43. The molecule has 1 N–H and O–H groups in total. The molecule has 0 heterocycles. The zero-order valence-corrected chi connectivity index (χ0v) is 8.31. The van der Waals surface area contributed by atoms with Gasteiger partial charge in [-0.3, -0.25) is 4.79 Å². The average Bonchev–Trinajstić information content (AvgIpc) is 1.96. The molecule has 1 unspecified atom stereocenters. The molecule has 14 heavy (non-hydrogen) atoms. The molecule has 0 saturated carbocycles. The first kappa shape index (κ1) is 13.2. The summed E-state index contributed by atoms with van der Waals surface area (Å²) in [6.07, 6.45) is -5.52. The van der Waals surface area contributed by atoms with E-state index in [0.717, 1.165) is 7.05 Å². The van der Waals surface area contributed by atoms with Gasteiger partial charge in [-0.2, -0.15) is 13.2 Å². The Morgan fingerprint density at radius 1 is 1.43 bits per heavy atom. The highest BCUT2D eigenvalue weighted by Gasteiger charge is 2.40. The van der Waals surface area contributed by atoms with Gasteiger partial charge in [0.2, 0.25) is 0 Å². The lowest BCUT2D eigenvalue weighted by Crippen LogP contribution is -2.42. The van der Waals surface area contributed by atoms with Crippen molar-refractivity contribution in [2.45, 2.75) is 38.6 Å². The Kier molecular flexibility index (Phi) is 4.90. The number of esters is 1. The summed E-state index contributed by atoms with van der Waals surface area (Å²) in [6, 6.07) is -1.84. The molecule has 0 aliphatic rings. The Balaban J connectivity index is 4.13. The van der Waals surface area contributed by atoms with Gasteiger partial charge in [-0.15, -0.1) is 0 Å². The lowest BCUT2D eigenvalue weighted by Gasteiger charge is -2.19. The Labute approximate surface area is 80.6 Å². The second-order valence-corrected chi connectivity index (χ2v) is 3.13. The van der Waals surface area contributed by atoms with Crippen LogP contribution in [0, 0.1) is 0 Å². The predicted molar refractivity (Wildman–Crippen MR) is 44.7 cm³/mol. The van der Waals surface area contributed by atoms with E-state index in [1.807, 2.05) is 5.32 Å². The summed E-state index contributed by atoms with van der Waals surface area (Å²) in [4.78, 5) is 10.9. The van der Waals surface area contributed by atoms with E-state index in [1.165, 1.54) is 0 Å². The van der Waals surface area contributed by atoms with Gasteiger partial charge in [-0.05, 0) is 20.9 Å². The monoisotopic (exact) mass is 213 g/mol. The fourth-order valence-electron chi connectivity index (χ4n) is 0.859. The van der Waals surface area contributed by atoms with Gasteiger partial charge in [0.1, 0.15) is 6.04 Å². The molecule has 1 atom stereocenters. The number of nitrogens with one attached hydrogen (secondary N) is 1. The summed E-state index contributed by atoms with van der Waals surface area (Å²) in [5, 5.41) is 2.02. The minimum Gasteiger partial charge on any atom is -0.463 e. The second kappa shape index (κ2) is 5.19. The first-order chi connectivity index (χ1) is 6.27. The number of ether oxygens (including phenoxy) is 1. The largest absolute Gasteiger partial charge is 0.463 e.